The Labute approximate surface area is 137 Å². The summed E-state index contributed by atoms with van der Waals surface area (Å²) in [6, 6.07) is 12.4. The number of aryl methyl sites for hydroxylation is 1. The van der Waals surface area contributed by atoms with Crippen molar-refractivity contribution in [2.75, 3.05) is 13.2 Å². The number of hydrogen-bond acceptors (Lipinski definition) is 4. The monoisotopic (exact) mass is 315 g/mol. The van der Waals surface area contributed by atoms with Gasteiger partial charge in [0.25, 0.3) is 0 Å². The van der Waals surface area contributed by atoms with Gasteiger partial charge < -0.3 is 19.2 Å². The van der Waals surface area contributed by atoms with E-state index in [9.17, 15) is 0 Å². The first-order valence-corrected chi connectivity index (χ1v) is 8.34. The van der Waals surface area contributed by atoms with Crippen LogP contribution in [0.1, 0.15) is 42.9 Å². The van der Waals surface area contributed by atoms with E-state index in [1.165, 1.54) is 5.56 Å². The Morgan fingerprint density at radius 1 is 1.22 bits per heavy atom. The normalized spacial score (nSPS) is 19.0. The molecule has 1 aromatic heterocycles. The molecule has 2 unspecified atom stereocenters. The number of rotatable bonds is 7. The average Bonchev–Trinajstić information content (AvgIpc) is 3.23. The topological polar surface area (TPSA) is 43.6 Å². The highest BCUT2D eigenvalue weighted by Gasteiger charge is 2.15. The van der Waals surface area contributed by atoms with Crippen LogP contribution >= 0.6 is 0 Å². The molecular formula is C19H25NO3. The van der Waals surface area contributed by atoms with Crippen LogP contribution in [0.5, 0.6) is 5.75 Å². The molecule has 0 aliphatic carbocycles. The van der Waals surface area contributed by atoms with Crippen molar-refractivity contribution >= 4 is 0 Å². The van der Waals surface area contributed by atoms with Crippen molar-refractivity contribution in [3.05, 3.63) is 53.5 Å². The molecule has 4 heteroatoms. The number of ether oxygens (including phenoxy) is 2. The van der Waals surface area contributed by atoms with Gasteiger partial charge in [-0.25, -0.2) is 0 Å². The van der Waals surface area contributed by atoms with Crippen LogP contribution < -0.4 is 10.1 Å². The maximum Gasteiger partial charge on any atom is 0.120 e. The zero-order chi connectivity index (χ0) is 16.1. The van der Waals surface area contributed by atoms with E-state index in [1.54, 1.807) is 0 Å². The molecule has 2 atom stereocenters. The lowest BCUT2D eigenvalue weighted by Gasteiger charge is -2.13. The molecule has 1 aliphatic heterocycles. The summed E-state index contributed by atoms with van der Waals surface area (Å²) in [5.41, 5.74) is 1.23. The summed E-state index contributed by atoms with van der Waals surface area (Å²) in [4.78, 5) is 0. The number of hydrogen-bond donors (Lipinski definition) is 1. The third-order valence-electron chi connectivity index (χ3n) is 4.18. The second-order valence-corrected chi connectivity index (χ2v) is 6.14. The highest BCUT2D eigenvalue weighted by molar-refractivity contribution is 5.27. The fourth-order valence-electron chi connectivity index (χ4n) is 2.73. The molecule has 1 aliphatic rings. The molecule has 1 saturated heterocycles. The molecule has 0 saturated carbocycles. The Bertz CT molecular complexity index is 599. The highest BCUT2D eigenvalue weighted by atomic mass is 16.5. The van der Waals surface area contributed by atoms with Crippen LogP contribution in [-0.4, -0.2) is 19.3 Å². The summed E-state index contributed by atoms with van der Waals surface area (Å²) >= 11 is 0. The van der Waals surface area contributed by atoms with E-state index in [2.05, 4.69) is 24.4 Å². The van der Waals surface area contributed by atoms with Gasteiger partial charge in [-0.3, -0.25) is 0 Å². The summed E-state index contributed by atoms with van der Waals surface area (Å²) in [7, 11) is 0. The SMILES string of the molecule is Cc1ccc(C(C)NCc2ccc(OCC3CCCO3)cc2)o1. The molecular weight excluding hydrogens is 290 g/mol. The van der Waals surface area contributed by atoms with Crippen LogP contribution in [-0.2, 0) is 11.3 Å². The fourth-order valence-corrected chi connectivity index (χ4v) is 2.73. The summed E-state index contributed by atoms with van der Waals surface area (Å²) in [5.74, 6) is 2.82. The van der Waals surface area contributed by atoms with Crippen LogP contribution in [0.4, 0.5) is 0 Å². The summed E-state index contributed by atoms with van der Waals surface area (Å²) < 4.78 is 17.0. The van der Waals surface area contributed by atoms with Gasteiger partial charge in [-0.15, -0.1) is 0 Å². The number of benzene rings is 1. The van der Waals surface area contributed by atoms with E-state index in [4.69, 9.17) is 13.9 Å². The van der Waals surface area contributed by atoms with Gasteiger partial charge in [-0.05, 0) is 56.5 Å². The van der Waals surface area contributed by atoms with Crippen LogP contribution in [0.3, 0.4) is 0 Å². The van der Waals surface area contributed by atoms with Crippen LogP contribution in [0.15, 0.2) is 40.8 Å². The van der Waals surface area contributed by atoms with Crippen LogP contribution in [0.25, 0.3) is 0 Å². The Morgan fingerprint density at radius 3 is 2.70 bits per heavy atom. The van der Waals surface area contributed by atoms with Gasteiger partial charge in [-0.2, -0.15) is 0 Å². The van der Waals surface area contributed by atoms with E-state index >= 15 is 0 Å². The van der Waals surface area contributed by atoms with Gasteiger partial charge >= 0.3 is 0 Å². The van der Waals surface area contributed by atoms with Gasteiger partial charge in [-0.1, -0.05) is 12.1 Å². The molecule has 1 N–H and O–H groups in total. The second-order valence-electron chi connectivity index (χ2n) is 6.14. The van der Waals surface area contributed by atoms with Crippen molar-refractivity contribution in [2.45, 2.75) is 45.4 Å². The molecule has 1 fully saturated rings. The quantitative estimate of drug-likeness (QED) is 0.839. The molecule has 4 nitrogen and oxygen atoms in total. The van der Waals surface area contributed by atoms with E-state index in [0.29, 0.717) is 6.61 Å². The van der Waals surface area contributed by atoms with Crippen LogP contribution in [0.2, 0.25) is 0 Å². The molecule has 0 bridgehead atoms. The van der Waals surface area contributed by atoms with Gasteiger partial charge in [0.1, 0.15) is 23.9 Å². The zero-order valence-corrected chi connectivity index (χ0v) is 13.9. The molecule has 2 aromatic rings. The summed E-state index contributed by atoms with van der Waals surface area (Å²) in [6.45, 7) is 6.38. The van der Waals surface area contributed by atoms with Gasteiger partial charge in [0, 0.05) is 13.2 Å². The zero-order valence-electron chi connectivity index (χ0n) is 13.9. The Balaban J connectivity index is 1.45. The van der Waals surface area contributed by atoms with E-state index in [0.717, 1.165) is 43.3 Å². The maximum absolute atomic E-state index is 5.78. The molecule has 3 rings (SSSR count). The Morgan fingerprint density at radius 2 is 2.04 bits per heavy atom. The van der Waals surface area contributed by atoms with Gasteiger partial charge in [0.2, 0.25) is 0 Å². The smallest absolute Gasteiger partial charge is 0.120 e. The van der Waals surface area contributed by atoms with Crippen molar-refractivity contribution in [3.8, 4) is 5.75 Å². The molecule has 0 radical (unpaired) electrons. The standard InChI is InChI=1S/C19H25NO3/c1-14-5-10-19(23-14)15(2)20-12-16-6-8-17(9-7-16)22-13-18-4-3-11-21-18/h5-10,15,18,20H,3-4,11-13H2,1-2H3. The minimum absolute atomic E-state index is 0.194. The molecule has 124 valence electrons. The first-order chi connectivity index (χ1) is 11.2. The Hall–Kier alpha value is -1.78. The third-order valence-corrected chi connectivity index (χ3v) is 4.18. The number of furan rings is 1. The second kappa shape index (κ2) is 7.66. The highest BCUT2D eigenvalue weighted by Crippen LogP contribution is 2.18. The first-order valence-electron chi connectivity index (χ1n) is 8.34. The average molecular weight is 315 g/mol. The van der Waals surface area contributed by atoms with E-state index < -0.39 is 0 Å². The first kappa shape index (κ1) is 16.1. The number of nitrogens with one attached hydrogen (secondary N) is 1. The van der Waals surface area contributed by atoms with Crippen molar-refractivity contribution in [2.24, 2.45) is 0 Å². The molecule has 1 aromatic carbocycles. The lowest BCUT2D eigenvalue weighted by molar-refractivity contribution is 0.0679. The van der Waals surface area contributed by atoms with Crippen LogP contribution in [0, 0.1) is 6.92 Å². The summed E-state index contributed by atoms with van der Waals surface area (Å²) in [6.07, 6.45) is 2.51. The van der Waals surface area contributed by atoms with Crippen molar-refractivity contribution < 1.29 is 13.9 Å². The fraction of sp³-hybridized carbons (Fsp3) is 0.474. The largest absolute Gasteiger partial charge is 0.491 e. The third kappa shape index (κ3) is 4.60. The minimum Gasteiger partial charge on any atom is -0.491 e. The predicted molar refractivity (Wildman–Crippen MR) is 89.6 cm³/mol. The molecule has 23 heavy (non-hydrogen) atoms. The Kier molecular flexibility index (Phi) is 5.36. The van der Waals surface area contributed by atoms with E-state index in [-0.39, 0.29) is 12.1 Å². The maximum atomic E-state index is 5.78. The molecule has 0 amide bonds. The lowest BCUT2D eigenvalue weighted by Crippen LogP contribution is -2.18. The molecule has 0 spiro atoms. The predicted octanol–water partition coefficient (Wildman–Crippen LogP) is 4.00. The molecule has 2 heterocycles. The van der Waals surface area contributed by atoms with Gasteiger partial charge in [0.15, 0.2) is 0 Å². The van der Waals surface area contributed by atoms with Crippen molar-refractivity contribution in [1.29, 1.82) is 0 Å². The minimum atomic E-state index is 0.194. The van der Waals surface area contributed by atoms with Crippen molar-refractivity contribution in [1.82, 2.24) is 5.32 Å². The lowest BCUT2D eigenvalue weighted by atomic mass is 10.2. The summed E-state index contributed by atoms with van der Waals surface area (Å²) in [5, 5.41) is 3.47. The van der Waals surface area contributed by atoms with E-state index in [1.807, 2.05) is 31.2 Å². The van der Waals surface area contributed by atoms with Crippen molar-refractivity contribution in [3.63, 3.8) is 0 Å². The van der Waals surface area contributed by atoms with Gasteiger partial charge in [0.05, 0.1) is 12.1 Å².